The zero-order chi connectivity index (χ0) is 42.4. The number of fused-ring (bicyclic) bond motifs is 11. The van der Waals surface area contributed by atoms with Crippen LogP contribution in [0.15, 0.2) is 140 Å². The molecule has 310 valence electrons. The predicted molar refractivity (Wildman–Crippen MR) is 257 cm³/mol. The fraction of sp³-hybridized carbons (Fsp3) is 0.158. The molecule has 11 aromatic rings. The van der Waals surface area contributed by atoms with Crippen LogP contribution in [0, 0.1) is 32.9 Å². The van der Waals surface area contributed by atoms with E-state index in [4.69, 9.17) is 14.7 Å². The van der Waals surface area contributed by atoms with Gasteiger partial charge in [-0.2, -0.15) is 0 Å². The second kappa shape index (κ2) is 15.7. The third-order valence-electron chi connectivity index (χ3n) is 12.7. The van der Waals surface area contributed by atoms with Crippen molar-refractivity contribution < 1.29 is 25.8 Å². The number of nitrogens with zero attached hydrogens (tertiary/aromatic N) is 4. The van der Waals surface area contributed by atoms with E-state index in [2.05, 4.69) is 191 Å². The molecule has 0 saturated carbocycles. The van der Waals surface area contributed by atoms with Crippen molar-refractivity contribution in [3.8, 4) is 39.7 Å². The molecule has 0 aliphatic heterocycles. The molecule has 0 aliphatic carbocycles. The van der Waals surface area contributed by atoms with E-state index in [1.807, 2.05) is 18.2 Å². The largest absolute Gasteiger partial charge is 2.00 e. The number of hydrogen-bond acceptors (Lipinski definition) is 3. The molecular weight excluding hydrogens is 952 g/mol. The van der Waals surface area contributed by atoms with Crippen molar-refractivity contribution in [2.45, 2.75) is 60.3 Å². The SMILES string of the molecule is Cc1cc2c3ccc(Oc4[c-]c(-c5nc6ccccc6n5-c5c(C(C)C)cc(-c6ccccc6)cc5C(C)C)ccc4)[c-]c3c3nc4c(C)cc5ccccc5c4n3c2cc1C.[Pt+2]. The molecule has 0 N–H and O–H groups in total. The summed E-state index contributed by atoms with van der Waals surface area (Å²) in [5.41, 5.74) is 16.7. The molecule has 0 saturated heterocycles. The first kappa shape index (κ1) is 40.5. The monoisotopic (exact) mass is 997 g/mol. The summed E-state index contributed by atoms with van der Waals surface area (Å²) >= 11 is 0. The normalized spacial score (nSPS) is 11.9. The van der Waals surface area contributed by atoms with Gasteiger partial charge in [0.2, 0.25) is 0 Å². The topological polar surface area (TPSA) is 44.3 Å². The molecule has 0 aliphatic rings. The molecule has 0 unspecified atom stereocenters. The minimum Gasteiger partial charge on any atom is -0.497 e. The standard InChI is InChI=1S/C57H46N4O.Pt/c1-33(2)46-30-41(38-16-9-8-10-17-38)31-47(34(3)4)54(46)60-51-23-14-13-22-50(51)58-56(60)40-19-15-20-42(29-40)62-43-24-25-45-48-27-35(5)36(6)28-52(48)61-55-44-21-12-11-18-39(44)26-37(7)53(55)59-57(61)49(45)32-43;/h8-28,30-31,33-34H,1-7H3;/q-2;+2. The van der Waals surface area contributed by atoms with Crippen molar-refractivity contribution in [1.29, 1.82) is 0 Å². The Balaban J connectivity index is 0.00000471. The summed E-state index contributed by atoms with van der Waals surface area (Å²) in [7, 11) is 0. The summed E-state index contributed by atoms with van der Waals surface area (Å²) in [6.07, 6.45) is 0. The molecule has 0 spiro atoms. The van der Waals surface area contributed by atoms with Gasteiger partial charge >= 0.3 is 21.1 Å². The third-order valence-corrected chi connectivity index (χ3v) is 12.7. The molecular formula is C57H46N4OPt. The number of ether oxygens (including phenoxy) is 1. The zero-order valence-corrected chi connectivity index (χ0v) is 38.7. The van der Waals surface area contributed by atoms with Crippen LogP contribution in [0.5, 0.6) is 11.5 Å². The Morgan fingerprint density at radius 3 is 2.03 bits per heavy atom. The van der Waals surface area contributed by atoms with Crippen LogP contribution in [0.3, 0.4) is 0 Å². The van der Waals surface area contributed by atoms with Gasteiger partial charge in [0.25, 0.3) is 0 Å². The molecule has 8 aromatic carbocycles. The van der Waals surface area contributed by atoms with Crippen LogP contribution >= 0.6 is 0 Å². The van der Waals surface area contributed by atoms with Gasteiger partial charge in [-0.3, -0.25) is 9.97 Å². The summed E-state index contributed by atoms with van der Waals surface area (Å²) in [4.78, 5) is 10.7. The molecule has 3 heterocycles. The van der Waals surface area contributed by atoms with Crippen LogP contribution in [-0.4, -0.2) is 18.9 Å². The van der Waals surface area contributed by atoms with Gasteiger partial charge in [0, 0.05) is 28.1 Å². The van der Waals surface area contributed by atoms with Crippen LogP contribution < -0.4 is 4.74 Å². The Morgan fingerprint density at radius 2 is 1.25 bits per heavy atom. The summed E-state index contributed by atoms with van der Waals surface area (Å²) in [6, 6.07) is 56.9. The Kier molecular flexibility index (Phi) is 10.1. The van der Waals surface area contributed by atoms with Crippen LogP contribution in [-0.2, 0) is 21.1 Å². The number of hydrogen-bond donors (Lipinski definition) is 0. The first-order valence-electron chi connectivity index (χ1n) is 21.6. The van der Waals surface area contributed by atoms with Crippen LogP contribution in [0.1, 0.15) is 67.3 Å². The fourth-order valence-corrected chi connectivity index (χ4v) is 9.43. The molecule has 0 fully saturated rings. The summed E-state index contributed by atoms with van der Waals surface area (Å²) < 4.78 is 11.4. The molecule has 3 aromatic heterocycles. The maximum Gasteiger partial charge on any atom is 2.00 e. The number of benzene rings is 8. The second-order valence-corrected chi connectivity index (χ2v) is 17.4. The summed E-state index contributed by atoms with van der Waals surface area (Å²) in [6.45, 7) is 15.7. The van der Waals surface area contributed by atoms with Crippen molar-refractivity contribution in [3.63, 3.8) is 0 Å². The molecule has 63 heavy (non-hydrogen) atoms. The number of imidazole rings is 2. The van der Waals surface area contributed by atoms with Gasteiger partial charge in [0.1, 0.15) is 0 Å². The van der Waals surface area contributed by atoms with Crippen molar-refractivity contribution in [3.05, 3.63) is 179 Å². The predicted octanol–water partition coefficient (Wildman–Crippen LogP) is 15.2. The third kappa shape index (κ3) is 6.64. The molecule has 0 bridgehead atoms. The Morgan fingerprint density at radius 1 is 0.556 bits per heavy atom. The maximum atomic E-state index is 6.74. The van der Waals surface area contributed by atoms with E-state index in [9.17, 15) is 0 Å². The number of aryl methyl sites for hydroxylation is 3. The number of aromatic nitrogens is 4. The zero-order valence-electron chi connectivity index (χ0n) is 36.4. The first-order chi connectivity index (χ1) is 30.1. The van der Waals surface area contributed by atoms with Gasteiger partial charge in [-0.05, 0) is 119 Å². The van der Waals surface area contributed by atoms with Crippen molar-refractivity contribution in [1.82, 2.24) is 18.9 Å². The quantitative estimate of drug-likeness (QED) is 0.118. The van der Waals surface area contributed by atoms with E-state index >= 15 is 0 Å². The van der Waals surface area contributed by atoms with Gasteiger partial charge < -0.3 is 13.7 Å². The average Bonchev–Trinajstić information content (AvgIpc) is 3.88. The van der Waals surface area contributed by atoms with E-state index in [1.54, 1.807) is 0 Å². The minimum atomic E-state index is 0. The van der Waals surface area contributed by atoms with Crippen LogP contribution in [0.4, 0.5) is 0 Å². The summed E-state index contributed by atoms with van der Waals surface area (Å²) in [5, 5.41) is 5.54. The Labute approximate surface area is 382 Å². The van der Waals surface area contributed by atoms with E-state index in [0.29, 0.717) is 11.5 Å². The van der Waals surface area contributed by atoms with E-state index in [0.717, 1.165) is 66.3 Å². The molecule has 5 nitrogen and oxygen atoms in total. The van der Waals surface area contributed by atoms with Crippen molar-refractivity contribution in [2.75, 3.05) is 0 Å². The molecule has 6 heteroatoms. The van der Waals surface area contributed by atoms with E-state index in [1.165, 1.54) is 49.8 Å². The van der Waals surface area contributed by atoms with Gasteiger partial charge in [-0.15, -0.1) is 29.8 Å². The first-order valence-corrected chi connectivity index (χ1v) is 21.6. The van der Waals surface area contributed by atoms with Gasteiger partial charge in [-0.1, -0.05) is 129 Å². The van der Waals surface area contributed by atoms with Gasteiger partial charge in [0.15, 0.2) is 0 Å². The van der Waals surface area contributed by atoms with Gasteiger partial charge in [0.05, 0.1) is 33.5 Å². The maximum absolute atomic E-state index is 6.74. The Bertz CT molecular complexity index is 3570. The van der Waals surface area contributed by atoms with Crippen LogP contribution in [0.2, 0.25) is 0 Å². The van der Waals surface area contributed by atoms with E-state index < -0.39 is 0 Å². The number of pyridine rings is 1. The van der Waals surface area contributed by atoms with Crippen molar-refractivity contribution in [2.24, 2.45) is 0 Å². The smallest absolute Gasteiger partial charge is 0.497 e. The molecule has 0 amide bonds. The Hall–Kier alpha value is -6.55. The minimum absolute atomic E-state index is 0. The van der Waals surface area contributed by atoms with E-state index in [-0.39, 0.29) is 32.9 Å². The second-order valence-electron chi connectivity index (χ2n) is 17.4. The van der Waals surface area contributed by atoms with Crippen LogP contribution in [0.25, 0.3) is 88.4 Å². The van der Waals surface area contributed by atoms with Crippen molar-refractivity contribution >= 4 is 60.2 Å². The average molecular weight is 998 g/mol. The number of rotatable bonds is 7. The fourth-order valence-electron chi connectivity index (χ4n) is 9.43. The molecule has 11 rings (SSSR count). The number of para-hydroxylation sites is 2. The molecule has 0 radical (unpaired) electrons. The van der Waals surface area contributed by atoms with Gasteiger partial charge in [-0.25, -0.2) is 0 Å². The summed E-state index contributed by atoms with van der Waals surface area (Å²) in [5.74, 6) is 2.52. The molecule has 0 atom stereocenters.